The van der Waals surface area contributed by atoms with Crippen molar-refractivity contribution in [2.45, 2.75) is 51.2 Å². The average molecular weight is 261 g/mol. The van der Waals surface area contributed by atoms with Crippen LogP contribution in [-0.2, 0) is 19.1 Å². The summed E-state index contributed by atoms with van der Waals surface area (Å²) in [5.74, 6) is -0.808. The van der Waals surface area contributed by atoms with Gasteiger partial charge in [0.05, 0.1) is 12.1 Å². The topological polar surface area (TPSA) is 105 Å². The number of rotatable bonds is 3. The van der Waals surface area contributed by atoms with Crippen molar-refractivity contribution in [1.29, 1.82) is 0 Å². The summed E-state index contributed by atoms with van der Waals surface area (Å²) in [5, 5.41) is 22.3. The van der Waals surface area contributed by atoms with Crippen molar-refractivity contribution in [3.8, 4) is 0 Å². The first-order valence-electron chi connectivity index (χ1n) is 5.75. The van der Waals surface area contributed by atoms with Gasteiger partial charge in [-0.05, 0) is 6.92 Å². The standard InChI is InChI=1S/C11H19NO6/c1-5-9(12-6(2)13)11(16)10(15)8(18-5)4-17-7(3)14/h5,8-11,15-16H,4H2,1-3H3,(H,12,13). The molecule has 0 radical (unpaired) electrons. The van der Waals surface area contributed by atoms with Gasteiger partial charge in [-0.25, -0.2) is 0 Å². The maximum absolute atomic E-state index is 11.0. The lowest BCUT2D eigenvalue weighted by Gasteiger charge is -2.41. The molecular weight excluding hydrogens is 242 g/mol. The first-order chi connectivity index (χ1) is 8.32. The van der Waals surface area contributed by atoms with Crippen molar-refractivity contribution >= 4 is 11.9 Å². The number of hydrogen-bond donors (Lipinski definition) is 3. The molecule has 0 aromatic carbocycles. The lowest BCUT2D eigenvalue weighted by molar-refractivity contribution is -0.197. The number of amides is 1. The second-order valence-electron chi connectivity index (χ2n) is 4.39. The van der Waals surface area contributed by atoms with Gasteiger partial charge in [0.15, 0.2) is 0 Å². The third-order valence-corrected chi connectivity index (χ3v) is 2.81. The summed E-state index contributed by atoms with van der Waals surface area (Å²) in [4.78, 5) is 21.7. The summed E-state index contributed by atoms with van der Waals surface area (Å²) in [6, 6.07) is -0.689. The molecule has 7 nitrogen and oxygen atoms in total. The molecule has 0 saturated carbocycles. The maximum Gasteiger partial charge on any atom is 0.302 e. The molecule has 3 N–H and O–H groups in total. The van der Waals surface area contributed by atoms with Crippen LogP contribution < -0.4 is 5.32 Å². The van der Waals surface area contributed by atoms with Crippen LogP contribution in [0.15, 0.2) is 0 Å². The van der Waals surface area contributed by atoms with Crippen LogP contribution in [0.25, 0.3) is 0 Å². The van der Waals surface area contributed by atoms with E-state index < -0.39 is 36.4 Å². The second kappa shape index (κ2) is 6.12. The quantitative estimate of drug-likeness (QED) is 0.538. The van der Waals surface area contributed by atoms with Crippen LogP contribution in [0.4, 0.5) is 0 Å². The molecule has 0 aromatic heterocycles. The molecule has 1 saturated heterocycles. The van der Waals surface area contributed by atoms with Crippen LogP contribution in [-0.4, -0.2) is 59.2 Å². The fourth-order valence-electron chi connectivity index (χ4n) is 1.93. The van der Waals surface area contributed by atoms with Gasteiger partial charge in [-0.3, -0.25) is 9.59 Å². The number of hydrogen-bond acceptors (Lipinski definition) is 6. The molecule has 0 bridgehead atoms. The Balaban J connectivity index is 2.64. The monoisotopic (exact) mass is 261 g/mol. The van der Waals surface area contributed by atoms with Gasteiger partial charge in [-0.15, -0.1) is 0 Å². The Morgan fingerprint density at radius 3 is 2.39 bits per heavy atom. The summed E-state index contributed by atoms with van der Waals surface area (Å²) < 4.78 is 10.2. The third kappa shape index (κ3) is 3.66. The lowest BCUT2D eigenvalue weighted by atomic mass is 9.93. The normalized spacial score (nSPS) is 35.9. The fraction of sp³-hybridized carbons (Fsp3) is 0.818. The van der Waals surface area contributed by atoms with E-state index >= 15 is 0 Å². The van der Waals surface area contributed by atoms with Gasteiger partial charge in [-0.2, -0.15) is 0 Å². The maximum atomic E-state index is 11.0. The van der Waals surface area contributed by atoms with E-state index in [1.54, 1.807) is 6.92 Å². The van der Waals surface area contributed by atoms with Gasteiger partial charge < -0.3 is 25.0 Å². The Morgan fingerprint density at radius 2 is 1.89 bits per heavy atom. The van der Waals surface area contributed by atoms with E-state index in [1.165, 1.54) is 13.8 Å². The minimum atomic E-state index is -1.22. The predicted molar refractivity (Wildman–Crippen MR) is 60.6 cm³/mol. The van der Waals surface area contributed by atoms with Gasteiger partial charge in [0.1, 0.15) is 24.9 Å². The highest BCUT2D eigenvalue weighted by atomic mass is 16.6. The Kier molecular flexibility index (Phi) is 5.06. The number of carbonyl (C=O) groups excluding carboxylic acids is 2. The van der Waals surface area contributed by atoms with E-state index in [0.29, 0.717) is 0 Å². The van der Waals surface area contributed by atoms with Crippen molar-refractivity contribution in [2.24, 2.45) is 0 Å². The van der Waals surface area contributed by atoms with Crippen molar-refractivity contribution in [3.63, 3.8) is 0 Å². The summed E-state index contributed by atoms with van der Waals surface area (Å²) in [6.45, 7) is 4.09. The van der Waals surface area contributed by atoms with Crippen LogP contribution in [0.3, 0.4) is 0 Å². The highest BCUT2D eigenvalue weighted by molar-refractivity contribution is 5.73. The molecule has 0 aromatic rings. The minimum absolute atomic E-state index is 0.134. The largest absolute Gasteiger partial charge is 0.463 e. The summed E-state index contributed by atoms with van der Waals surface area (Å²) in [6.07, 6.45) is -3.69. The van der Waals surface area contributed by atoms with E-state index in [-0.39, 0.29) is 12.5 Å². The molecule has 0 aliphatic carbocycles. The van der Waals surface area contributed by atoms with Gasteiger partial charge in [-0.1, -0.05) is 0 Å². The summed E-state index contributed by atoms with van der Waals surface area (Å²) in [7, 11) is 0. The van der Waals surface area contributed by atoms with Gasteiger partial charge in [0.2, 0.25) is 5.91 Å². The molecule has 7 heteroatoms. The van der Waals surface area contributed by atoms with Crippen molar-refractivity contribution < 1.29 is 29.3 Å². The Hall–Kier alpha value is -1.18. The highest BCUT2D eigenvalue weighted by Gasteiger charge is 2.43. The zero-order chi connectivity index (χ0) is 13.9. The minimum Gasteiger partial charge on any atom is -0.463 e. The highest BCUT2D eigenvalue weighted by Crippen LogP contribution is 2.21. The van der Waals surface area contributed by atoms with Gasteiger partial charge >= 0.3 is 5.97 Å². The molecule has 1 aliphatic rings. The number of ether oxygens (including phenoxy) is 2. The summed E-state index contributed by atoms with van der Waals surface area (Å²) >= 11 is 0. The zero-order valence-corrected chi connectivity index (χ0v) is 10.6. The van der Waals surface area contributed by atoms with Crippen LogP contribution in [0, 0.1) is 0 Å². The molecule has 0 spiro atoms. The van der Waals surface area contributed by atoms with Crippen LogP contribution >= 0.6 is 0 Å². The Labute approximate surface area is 105 Å². The van der Waals surface area contributed by atoms with Gasteiger partial charge in [0, 0.05) is 13.8 Å². The average Bonchev–Trinajstić information content (AvgIpc) is 2.27. The van der Waals surface area contributed by atoms with Crippen LogP contribution in [0.5, 0.6) is 0 Å². The third-order valence-electron chi connectivity index (χ3n) is 2.81. The fourth-order valence-corrected chi connectivity index (χ4v) is 1.93. The first kappa shape index (κ1) is 14.9. The molecular formula is C11H19NO6. The van der Waals surface area contributed by atoms with E-state index in [1.807, 2.05) is 0 Å². The second-order valence-corrected chi connectivity index (χ2v) is 4.39. The number of carbonyl (C=O) groups is 2. The van der Waals surface area contributed by atoms with Gasteiger partial charge in [0.25, 0.3) is 0 Å². The van der Waals surface area contributed by atoms with E-state index in [0.717, 1.165) is 0 Å². The summed E-state index contributed by atoms with van der Waals surface area (Å²) in [5.41, 5.74) is 0. The van der Waals surface area contributed by atoms with E-state index in [2.05, 4.69) is 5.32 Å². The number of aliphatic hydroxyl groups is 2. The Bertz CT molecular complexity index is 319. The molecule has 1 heterocycles. The predicted octanol–water partition coefficient (Wildman–Crippen LogP) is -1.44. The molecule has 5 atom stereocenters. The van der Waals surface area contributed by atoms with Crippen LogP contribution in [0.1, 0.15) is 20.8 Å². The van der Waals surface area contributed by atoms with E-state index in [4.69, 9.17) is 9.47 Å². The van der Waals surface area contributed by atoms with Crippen molar-refractivity contribution in [3.05, 3.63) is 0 Å². The molecule has 1 aliphatic heterocycles. The van der Waals surface area contributed by atoms with Crippen LogP contribution in [0.2, 0.25) is 0 Å². The zero-order valence-electron chi connectivity index (χ0n) is 10.6. The molecule has 104 valence electrons. The number of esters is 1. The Morgan fingerprint density at radius 1 is 1.28 bits per heavy atom. The SMILES string of the molecule is CC(=O)NC1C(C)OC(COC(C)=O)C(O)C1O. The van der Waals surface area contributed by atoms with Crippen molar-refractivity contribution in [2.75, 3.05) is 6.61 Å². The molecule has 1 rings (SSSR count). The van der Waals surface area contributed by atoms with E-state index in [9.17, 15) is 19.8 Å². The number of aliphatic hydroxyl groups excluding tert-OH is 2. The smallest absolute Gasteiger partial charge is 0.302 e. The van der Waals surface area contributed by atoms with Crippen molar-refractivity contribution in [1.82, 2.24) is 5.32 Å². The molecule has 1 amide bonds. The lowest BCUT2D eigenvalue weighted by Crippen LogP contribution is -2.63. The molecule has 1 fully saturated rings. The number of nitrogens with one attached hydrogen (secondary N) is 1. The molecule has 18 heavy (non-hydrogen) atoms. The first-order valence-corrected chi connectivity index (χ1v) is 5.75. The molecule has 5 unspecified atom stereocenters.